The van der Waals surface area contributed by atoms with E-state index in [0.717, 1.165) is 19.6 Å². The molecule has 1 saturated carbocycles. The van der Waals surface area contributed by atoms with E-state index in [9.17, 15) is 4.79 Å². The van der Waals surface area contributed by atoms with Gasteiger partial charge in [-0.25, -0.2) is 0 Å². The molecule has 2 aliphatic rings. The van der Waals surface area contributed by atoms with Crippen molar-refractivity contribution >= 4 is 5.91 Å². The Labute approximate surface area is 98.4 Å². The Morgan fingerprint density at radius 3 is 2.38 bits per heavy atom. The molecule has 3 heteroatoms. The molecule has 0 aromatic heterocycles. The molecular weight excluding hydrogens is 200 g/mol. The predicted molar refractivity (Wildman–Crippen MR) is 65.0 cm³/mol. The fraction of sp³-hybridized carbons (Fsp3) is 0.923. The van der Waals surface area contributed by atoms with Crippen LogP contribution in [-0.4, -0.2) is 25.5 Å². The SMILES string of the molecule is CC(C(=O)NCC1(C(C)C)CC1)C1CNC1. The molecule has 0 aromatic rings. The Bertz CT molecular complexity index is 267. The maximum absolute atomic E-state index is 11.9. The number of rotatable bonds is 5. The van der Waals surface area contributed by atoms with Gasteiger partial charge in [-0.1, -0.05) is 20.8 Å². The van der Waals surface area contributed by atoms with Crippen molar-refractivity contribution in [3.8, 4) is 0 Å². The van der Waals surface area contributed by atoms with Gasteiger partial charge in [-0.2, -0.15) is 0 Å². The highest BCUT2D eigenvalue weighted by molar-refractivity contribution is 5.78. The van der Waals surface area contributed by atoms with E-state index < -0.39 is 0 Å². The molecule has 0 radical (unpaired) electrons. The molecule has 92 valence electrons. The smallest absolute Gasteiger partial charge is 0.223 e. The molecule has 1 atom stereocenters. The van der Waals surface area contributed by atoms with E-state index in [-0.39, 0.29) is 11.8 Å². The summed E-state index contributed by atoms with van der Waals surface area (Å²) < 4.78 is 0. The molecule has 1 aliphatic heterocycles. The van der Waals surface area contributed by atoms with E-state index in [1.165, 1.54) is 12.8 Å². The summed E-state index contributed by atoms with van der Waals surface area (Å²) in [6, 6.07) is 0. The normalized spacial score (nSPS) is 25.0. The van der Waals surface area contributed by atoms with Crippen molar-refractivity contribution in [1.82, 2.24) is 10.6 Å². The highest BCUT2D eigenvalue weighted by atomic mass is 16.1. The van der Waals surface area contributed by atoms with Crippen LogP contribution < -0.4 is 10.6 Å². The van der Waals surface area contributed by atoms with Crippen molar-refractivity contribution in [3.63, 3.8) is 0 Å². The second-order valence-electron chi connectivity index (χ2n) is 5.94. The Hall–Kier alpha value is -0.570. The van der Waals surface area contributed by atoms with Gasteiger partial charge in [0.15, 0.2) is 0 Å². The summed E-state index contributed by atoms with van der Waals surface area (Å²) >= 11 is 0. The Balaban J connectivity index is 1.75. The number of hydrogen-bond acceptors (Lipinski definition) is 2. The van der Waals surface area contributed by atoms with Gasteiger partial charge in [-0.05, 0) is 43.2 Å². The van der Waals surface area contributed by atoms with Crippen LogP contribution in [0.15, 0.2) is 0 Å². The van der Waals surface area contributed by atoms with Gasteiger partial charge in [0, 0.05) is 12.5 Å². The van der Waals surface area contributed by atoms with E-state index in [4.69, 9.17) is 0 Å². The van der Waals surface area contributed by atoms with E-state index >= 15 is 0 Å². The zero-order valence-electron chi connectivity index (χ0n) is 10.7. The van der Waals surface area contributed by atoms with Crippen LogP contribution >= 0.6 is 0 Å². The lowest BCUT2D eigenvalue weighted by atomic mass is 9.87. The van der Waals surface area contributed by atoms with Gasteiger partial charge >= 0.3 is 0 Å². The van der Waals surface area contributed by atoms with Crippen LogP contribution in [0.1, 0.15) is 33.6 Å². The second-order valence-corrected chi connectivity index (χ2v) is 5.94. The Morgan fingerprint density at radius 1 is 1.38 bits per heavy atom. The highest BCUT2D eigenvalue weighted by Gasteiger charge is 2.45. The molecule has 2 fully saturated rings. The lowest BCUT2D eigenvalue weighted by molar-refractivity contribution is -0.127. The molecular formula is C13H24N2O. The first-order valence-corrected chi connectivity index (χ1v) is 6.53. The summed E-state index contributed by atoms with van der Waals surface area (Å²) in [6.45, 7) is 9.47. The quantitative estimate of drug-likeness (QED) is 0.741. The van der Waals surface area contributed by atoms with Gasteiger partial charge in [-0.3, -0.25) is 4.79 Å². The first-order chi connectivity index (χ1) is 7.55. The molecule has 1 aliphatic carbocycles. The van der Waals surface area contributed by atoms with Crippen LogP contribution in [0.3, 0.4) is 0 Å². The second kappa shape index (κ2) is 4.36. The summed E-state index contributed by atoms with van der Waals surface area (Å²) in [7, 11) is 0. The molecule has 1 unspecified atom stereocenters. The molecule has 0 spiro atoms. The minimum absolute atomic E-state index is 0.171. The van der Waals surface area contributed by atoms with Crippen LogP contribution in [0.4, 0.5) is 0 Å². The molecule has 16 heavy (non-hydrogen) atoms. The number of nitrogens with one attached hydrogen (secondary N) is 2. The first kappa shape index (κ1) is 11.9. The average molecular weight is 224 g/mol. The van der Waals surface area contributed by atoms with Gasteiger partial charge in [-0.15, -0.1) is 0 Å². The third-order valence-corrected chi connectivity index (χ3v) is 4.67. The van der Waals surface area contributed by atoms with Crippen molar-refractivity contribution in [2.75, 3.05) is 19.6 Å². The third kappa shape index (κ3) is 2.24. The highest BCUT2D eigenvalue weighted by Crippen LogP contribution is 2.51. The standard InChI is InChI=1S/C13H24N2O/c1-9(2)13(4-5-13)8-15-12(16)10(3)11-6-14-7-11/h9-11,14H,4-8H2,1-3H3,(H,15,16). The largest absolute Gasteiger partial charge is 0.355 e. The van der Waals surface area contributed by atoms with Crippen molar-refractivity contribution in [2.45, 2.75) is 33.6 Å². The third-order valence-electron chi connectivity index (χ3n) is 4.67. The number of hydrogen-bond donors (Lipinski definition) is 2. The van der Waals surface area contributed by atoms with Gasteiger partial charge < -0.3 is 10.6 Å². The number of amides is 1. The summed E-state index contributed by atoms with van der Waals surface area (Å²) in [4.78, 5) is 11.9. The van der Waals surface area contributed by atoms with Crippen LogP contribution in [0.2, 0.25) is 0 Å². The fourth-order valence-electron chi connectivity index (χ4n) is 2.42. The van der Waals surface area contributed by atoms with Crippen molar-refractivity contribution < 1.29 is 4.79 Å². The molecule has 1 saturated heterocycles. The molecule has 0 aromatic carbocycles. The van der Waals surface area contributed by atoms with Crippen LogP contribution in [-0.2, 0) is 4.79 Å². The fourth-order valence-corrected chi connectivity index (χ4v) is 2.42. The van der Waals surface area contributed by atoms with E-state index in [0.29, 0.717) is 17.3 Å². The first-order valence-electron chi connectivity index (χ1n) is 6.53. The average Bonchev–Trinajstić information content (AvgIpc) is 2.92. The van der Waals surface area contributed by atoms with E-state index in [1.54, 1.807) is 0 Å². The van der Waals surface area contributed by atoms with Crippen molar-refractivity contribution in [2.24, 2.45) is 23.2 Å². The lowest BCUT2D eigenvalue weighted by Crippen LogP contribution is -2.50. The minimum Gasteiger partial charge on any atom is -0.355 e. The van der Waals surface area contributed by atoms with Crippen molar-refractivity contribution in [3.05, 3.63) is 0 Å². The van der Waals surface area contributed by atoms with E-state index in [2.05, 4.69) is 31.4 Å². The van der Waals surface area contributed by atoms with E-state index in [1.807, 2.05) is 0 Å². The topological polar surface area (TPSA) is 41.1 Å². The Morgan fingerprint density at radius 2 is 2.00 bits per heavy atom. The molecule has 2 N–H and O–H groups in total. The van der Waals surface area contributed by atoms with Gasteiger partial charge in [0.2, 0.25) is 5.91 Å². The zero-order valence-corrected chi connectivity index (χ0v) is 10.7. The number of carbonyl (C=O) groups excluding carboxylic acids is 1. The molecule has 3 nitrogen and oxygen atoms in total. The van der Waals surface area contributed by atoms with Crippen LogP contribution in [0, 0.1) is 23.2 Å². The van der Waals surface area contributed by atoms with Crippen LogP contribution in [0.25, 0.3) is 0 Å². The summed E-state index contributed by atoms with van der Waals surface area (Å²) in [6.07, 6.45) is 2.56. The predicted octanol–water partition coefficient (Wildman–Crippen LogP) is 1.39. The molecule has 2 rings (SSSR count). The molecule has 0 bridgehead atoms. The summed E-state index contributed by atoms with van der Waals surface area (Å²) in [5.74, 6) is 1.66. The zero-order chi connectivity index (χ0) is 11.8. The monoisotopic (exact) mass is 224 g/mol. The maximum atomic E-state index is 11.9. The van der Waals surface area contributed by atoms with Gasteiger partial charge in [0.05, 0.1) is 0 Å². The minimum atomic E-state index is 0.171. The number of carbonyl (C=O) groups is 1. The van der Waals surface area contributed by atoms with Crippen LogP contribution in [0.5, 0.6) is 0 Å². The maximum Gasteiger partial charge on any atom is 0.223 e. The molecule has 1 heterocycles. The lowest BCUT2D eigenvalue weighted by Gasteiger charge is -2.32. The van der Waals surface area contributed by atoms with Gasteiger partial charge in [0.25, 0.3) is 0 Å². The molecule has 1 amide bonds. The summed E-state index contributed by atoms with van der Waals surface area (Å²) in [5, 5.41) is 6.37. The van der Waals surface area contributed by atoms with Crippen molar-refractivity contribution in [1.29, 1.82) is 0 Å². The van der Waals surface area contributed by atoms with Gasteiger partial charge in [0.1, 0.15) is 0 Å². The Kier molecular flexibility index (Phi) is 3.24. The summed E-state index contributed by atoms with van der Waals surface area (Å²) in [5.41, 5.74) is 0.424.